The van der Waals surface area contributed by atoms with Gasteiger partial charge in [-0.15, -0.1) is 0 Å². The van der Waals surface area contributed by atoms with Crippen LogP contribution in [-0.4, -0.2) is 74.2 Å². The summed E-state index contributed by atoms with van der Waals surface area (Å²) in [6.45, 7) is -1.33. The van der Waals surface area contributed by atoms with Crippen molar-refractivity contribution in [3.05, 3.63) is 29.8 Å². The minimum absolute atomic E-state index is 0.0371. The molecule has 0 aromatic heterocycles. The largest absolute Gasteiger partial charge is 0.508 e. The highest BCUT2D eigenvalue weighted by Gasteiger charge is 2.30. The Morgan fingerprint density at radius 1 is 1.00 bits per heavy atom. The number of ether oxygens (including phenoxy) is 1. The van der Waals surface area contributed by atoms with Gasteiger partial charge >= 0.3 is 5.97 Å². The third-order valence-electron chi connectivity index (χ3n) is 3.29. The highest BCUT2D eigenvalue weighted by Crippen LogP contribution is 2.11. The number of carbonyl (C=O) groups excluding carboxylic acids is 1. The standard InChI is InChI=1S/C15H22O8/c16-7-11(18)14(21)15(22)12(19)8-23-13(20)6-3-9-1-4-10(17)5-2-9/h1-2,4-5,11-12,14-19,21-22H,3,6-8H2/t11-,12-,14-,15-/m1/s1. The molecular formula is C15H22O8. The summed E-state index contributed by atoms with van der Waals surface area (Å²) in [6, 6.07) is 6.31. The Labute approximate surface area is 133 Å². The van der Waals surface area contributed by atoms with Crippen molar-refractivity contribution in [1.82, 2.24) is 0 Å². The van der Waals surface area contributed by atoms with Crippen LogP contribution in [0.4, 0.5) is 0 Å². The summed E-state index contributed by atoms with van der Waals surface area (Å²) in [7, 11) is 0. The molecule has 0 fully saturated rings. The topological polar surface area (TPSA) is 148 Å². The first-order valence-corrected chi connectivity index (χ1v) is 7.11. The van der Waals surface area contributed by atoms with E-state index in [-0.39, 0.29) is 12.2 Å². The van der Waals surface area contributed by atoms with Gasteiger partial charge in [0.25, 0.3) is 0 Å². The van der Waals surface area contributed by atoms with Crippen molar-refractivity contribution in [1.29, 1.82) is 0 Å². The highest BCUT2D eigenvalue weighted by molar-refractivity contribution is 5.69. The molecule has 0 bridgehead atoms. The number of hydrogen-bond donors (Lipinski definition) is 6. The molecule has 0 saturated carbocycles. The van der Waals surface area contributed by atoms with Gasteiger partial charge < -0.3 is 35.4 Å². The predicted octanol–water partition coefficient (Wildman–Crippen LogP) is -1.70. The number of rotatable bonds is 9. The van der Waals surface area contributed by atoms with E-state index >= 15 is 0 Å². The molecule has 23 heavy (non-hydrogen) atoms. The molecule has 4 atom stereocenters. The first-order chi connectivity index (χ1) is 10.8. The number of benzene rings is 1. The molecule has 130 valence electrons. The summed E-state index contributed by atoms with van der Waals surface area (Å²) in [5.74, 6) is -0.487. The van der Waals surface area contributed by atoms with Crippen LogP contribution < -0.4 is 0 Å². The molecular weight excluding hydrogens is 308 g/mol. The fourth-order valence-corrected chi connectivity index (χ4v) is 1.82. The normalized spacial score (nSPS) is 16.4. The number of hydrogen-bond acceptors (Lipinski definition) is 8. The average molecular weight is 330 g/mol. The zero-order valence-corrected chi connectivity index (χ0v) is 12.4. The maximum Gasteiger partial charge on any atom is 0.306 e. The molecule has 1 rings (SSSR count). The molecule has 0 heterocycles. The van der Waals surface area contributed by atoms with Crippen LogP contribution in [0, 0.1) is 0 Å². The maximum absolute atomic E-state index is 11.6. The van der Waals surface area contributed by atoms with Gasteiger partial charge in [-0.05, 0) is 24.1 Å². The second kappa shape index (κ2) is 9.43. The van der Waals surface area contributed by atoms with Gasteiger partial charge in [0.15, 0.2) is 0 Å². The van der Waals surface area contributed by atoms with E-state index in [1.54, 1.807) is 12.1 Å². The van der Waals surface area contributed by atoms with Crippen molar-refractivity contribution in [2.45, 2.75) is 37.3 Å². The van der Waals surface area contributed by atoms with E-state index in [1.165, 1.54) is 12.1 Å². The van der Waals surface area contributed by atoms with Gasteiger partial charge in [0.1, 0.15) is 36.8 Å². The van der Waals surface area contributed by atoms with E-state index in [0.29, 0.717) is 6.42 Å². The summed E-state index contributed by atoms with van der Waals surface area (Å²) >= 11 is 0. The summed E-state index contributed by atoms with van der Waals surface area (Å²) < 4.78 is 4.78. The number of aliphatic hydroxyl groups excluding tert-OH is 5. The molecule has 0 unspecified atom stereocenters. The van der Waals surface area contributed by atoms with Crippen molar-refractivity contribution < 1.29 is 40.2 Å². The Morgan fingerprint density at radius 2 is 1.57 bits per heavy atom. The minimum atomic E-state index is -1.76. The van der Waals surface area contributed by atoms with Crippen LogP contribution in [0.25, 0.3) is 0 Å². The molecule has 6 N–H and O–H groups in total. The number of carbonyl (C=O) groups is 1. The van der Waals surface area contributed by atoms with E-state index < -0.39 is 43.6 Å². The zero-order chi connectivity index (χ0) is 17.4. The summed E-state index contributed by atoms with van der Waals surface area (Å²) in [4.78, 5) is 11.6. The molecule has 0 spiro atoms. The fraction of sp³-hybridized carbons (Fsp3) is 0.533. The molecule has 0 radical (unpaired) electrons. The molecule has 8 heteroatoms. The number of phenolic OH excluding ortho intramolecular Hbond substituents is 1. The van der Waals surface area contributed by atoms with Crippen LogP contribution in [0.1, 0.15) is 12.0 Å². The number of aromatic hydroxyl groups is 1. The predicted molar refractivity (Wildman–Crippen MR) is 78.5 cm³/mol. The monoisotopic (exact) mass is 330 g/mol. The van der Waals surface area contributed by atoms with Crippen molar-refractivity contribution in [2.24, 2.45) is 0 Å². The second-order valence-corrected chi connectivity index (χ2v) is 5.15. The van der Waals surface area contributed by atoms with Crippen LogP contribution in [0.3, 0.4) is 0 Å². The number of phenols is 1. The van der Waals surface area contributed by atoms with E-state index in [1.807, 2.05) is 0 Å². The van der Waals surface area contributed by atoms with Crippen LogP contribution in [-0.2, 0) is 16.0 Å². The van der Waals surface area contributed by atoms with Crippen LogP contribution >= 0.6 is 0 Å². The van der Waals surface area contributed by atoms with Gasteiger partial charge in [-0.1, -0.05) is 12.1 Å². The molecule has 0 aliphatic rings. The SMILES string of the molecule is O=C(CCc1ccc(O)cc1)OC[C@@H](O)[C@@H](O)[C@H](O)[C@H](O)CO. The lowest BCUT2D eigenvalue weighted by Gasteiger charge is -2.25. The van der Waals surface area contributed by atoms with E-state index in [4.69, 9.17) is 20.1 Å². The third-order valence-corrected chi connectivity index (χ3v) is 3.29. The molecule has 0 saturated heterocycles. The van der Waals surface area contributed by atoms with Crippen molar-refractivity contribution >= 4 is 5.97 Å². The number of esters is 1. The first-order valence-electron chi connectivity index (χ1n) is 7.11. The number of aryl methyl sites for hydroxylation is 1. The Morgan fingerprint density at radius 3 is 2.13 bits per heavy atom. The van der Waals surface area contributed by atoms with Crippen LogP contribution in [0.15, 0.2) is 24.3 Å². The molecule has 0 aliphatic heterocycles. The van der Waals surface area contributed by atoms with Crippen molar-refractivity contribution in [3.63, 3.8) is 0 Å². The summed E-state index contributed by atoms with van der Waals surface area (Å²) in [5.41, 5.74) is 0.821. The summed E-state index contributed by atoms with van der Waals surface area (Å²) in [5, 5.41) is 55.5. The molecule has 0 amide bonds. The highest BCUT2D eigenvalue weighted by atomic mass is 16.5. The van der Waals surface area contributed by atoms with Gasteiger partial charge in [-0.25, -0.2) is 0 Å². The Hall–Kier alpha value is -1.71. The minimum Gasteiger partial charge on any atom is -0.508 e. The smallest absolute Gasteiger partial charge is 0.306 e. The van der Waals surface area contributed by atoms with Crippen LogP contribution in [0.5, 0.6) is 5.75 Å². The van der Waals surface area contributed by atoms with Gasteiger partial charge in [0.05, 0.1) is 6.61 Å². The Kier molecular flexibility index (Phi) is 7.93. The average Bonchev–Trinajstić information content (AvgIpc) is 2.56. The van der Waals surface area contributed by atoms with Crippen molar-refractivity contribution in [3.8, 4) is 5.75 Å². The molecule has 8 nitrogen and oxygen atoms in total. The summed E-state index contributed by atoms with van der Waals surface area (Å²) in [6.07, 6.45) is -6.31. The van der Waals surface area contributed by atoms with Gasteiger partial charge in [0.2, 0.25) is 0 Å². The lowest BCUT2D eigenvalue weighted by atomic mass is 10.0. The van der Waals surface area contributed by atoms with Gasteiger partial charge in [0, 0.05) is 6.42 Å². The lowest BCUT2D eigenvalue weighted by molar-refractivity contribution is -0.156. The second-order valence-electron chi connectivity index (χ2n) is 5.15. The Balaban J connectivity index is 2.33. The zero-order valence-electron chi connectivity index (χ0n) is 12.4. The molecule has 0 aliphatic carbocycles. The van der Waals surface area contributed by atoms with Gasteiger partial charge in [-0.2, -0.15) is 0 Å². The molecule has 1 aromatic carbocycles. The van der Waals surface area contributed by atoms with E-state index in [0.717, 1.165) is 5.56 Å². The maximum atomic E-state index is 11.6. The first kappa shape index (κ1) is 19.3. The van der Waals surface area contributed by atoms with Crippen LogP contribution in [0.2, 0.25) is 0 Å². The number of aliphatic hydroxyl groups is 5. The lowest BCUT2D eigenvalue weighted by Crippen LogP contribution is -2.47. The molecule has 1 aromatic rings. The third kappa shape index (κ3) is 6.51. The quantitative estimate of drug-likeness (QED) is 0.294. The van der Waals surface area contributed by atoms with Gasteiger partial charge in [-0.3, -0.25) is 4.79 Å². The Bertz CT molecular complexity index is 475. The van der Waals surface area contributed by atoms with Crippen molar-refractivity contribution in [2.75, 3.05) is 13.2 Å². The van der Waals surface area contributed by atoms with E-state index in [2.05, 4.69) is 0 Å². The van der Waals surface area contributed by atoms with E-state index in [9.17, 15) is 20.1 Å². The fourth-order valence-electron chi connectivity index (χ4n) is 1.82.